The van der Waals surface area contributed by atoms with Crippen LogP contribution >= 0.6 is 0 Å². The van der Waals surface area contributed by atoms with E-state index in [1.165, 1.54) is 30.6 Å². The van der Waals surface area contributed by atoms with Gasteiger partial charge in [0.2, 0.25) is 5.96 Å². The second-order valence-electron chi connectivity index (χ2n) is 3.40. The normalized spacial score (nSPS) is 9.43. The number of hydrogen-bond donors (Lipinski definition) is 2. The molecule has 0 atom stereocenters. The maximum Gasteiger partial charge on any atom is 0.201 e. The number of hydrogen-bond acceptors (Lipinski definition) is 2. The summed E-state index contributed by atoms with van der Waals surface area (Å²) in [5, 5.41) is 15.7. The van der Waals surface area contributed by atoms with E-state index in [1.807, 2.05) is 6.19 Å². The molecule has 0 aliphatic rings. The van der Waals surface area contributed by atoms with Crippen molar-refractivity contribution in [1.82, 2.24) is 4.90 Å². The first-order chi connectivity index (χ1) is 6.72. The smallest absolute Gasteiger partial charge is 0.201 e. The first-order valence-electron chi connectivity index (χ1n) is 5.23. The molecule has 0 fully saturated rings. The number of nitrogens with one attached hydrogen (secondary N) is 1. The minimum absolute atomic E-state index is 0.152. The lowest BCUT2D eigenvalue weighted by Gasteiger charge is -2.11. The van der Waals surface area contributed by atoms with Crippen molar-refractivity contribution in [2.75, 3.05) is 6.54 Å². The molecule has 0 aromatic carbocycles. The molecule has 0 aromatic heterocycles. The van der Waals surface area contributed by atoms with Gasteiger partial charge in [0.05, 0.1) is 0 Å². The van der Waals surface area contributed by atoms with Crippen LogP contribution < -0.4 is 5.73 Å². The van der Waals surface area contributed by atoms with E-state index >= 15 is 0 Å². The highest BCUT2D eigenvalue weighted by Gasteiger charge is 2.03. The first-order valence-corrected chi connectivity index (χ1v) is 5.23. The Balaban J connectivity index is 3.35. The molecule has 0 aromatic rings. The fourth-order valence-electron chi connectivity index (χ4n) is 1.27. The van der Waals surface area contributed by atoms with E-state index in [2.05, 4.69) is 6.92 Å². The molecule has 4 nitrogen and oxygen atoms in total. The third kappa shape index (κ3) is 6.30. The Morgan fingerprint density at radius 1 is 1.29 bits per heavy atom. The molecule has 0 bridgehead atoms. The fraction of sp³-hybridized carbons (Fsp3) is 0.800. The average molecular weight is 196 g/mol. The van der Waals surface area contributed by atoms with Crippen LogP contribution in [0.25, 0.3) is 0 Å². The maximum absolute atomic E-state index is 8.59. The molecule has 0 spiro atoms. The van der Waals surface area contributed by atoms with Gasteiger partial charge in [-0.3, -0.25) is 5.41 Å². The summed E-state index contributed by atoms with van der Waals surface area (Å²) in [6.07, 6.45) is 8.96. The second kappa shape index (κ2) is 8.36. The summed E-state index contributed by atoms with van der Waals surface area (Å²) >= 11 is 0. The largest absolute Gasteiger partial charge is 0.369 e. The van der Waals surface area contributed by atoms with E-state index in [9.17, 15) is 0 Å². The average Bonchev–Trinajstić information content (AvgIpc) is 2.16. The Morgan fingerprint density at radius 3 is 2.36 bits per heavy atom. The molecule has 0 saturated carbocycles. The van der Waals surface area contributed by atoms with Gasteiger partial charge in [0.25, 0.3) is 0 Å². The van der Waals surface area contributed by atoms with Gasteiger partial charge in [-0.1, -0.05) is 39.0 Å². The van der Waals surface area contributed by atoms with E-state index < -0.39 is 0 Å². The van der Waals surface area contributed by atoms with Gasteiger partial charge < -0.3 is 5.73 Å². The van der Waals surface area contributed by atoms with Crippen LogP contribution in [0, 0.1) is 16.9 Å². The van der Waals surface area contributed by atoms with Gasteiger partial charge in [0, 0.05) is 6.54 Å². The van der Waals surface area contributed by atoms with Gasteiger partial charge >= 0.3 is 0 Å². The van der Waals surface area contributed by atoms with E-state index in [0.29, 0.717) is 6.54 Å². The first kappa shape index (κ1) is 12.8. The van der Waals surface area contributed by atoms with Crippen LogP contribution in [0.5, 0.6) is 0 Å². The lowest BCUT2D eigenvalue weighted by atomic mass is 10.1. The van der Waals surface area contributed by atoms with Crippen LogP contribution in [0.1, 0.15) is 45.4 Å². The van der Waals surface area contributed by atoms with Crippen molar-refractivity contribution in [3.63, 3.8) is 0 Å². The molecule has 0 rings (SSSR count). The van der Waals surface area contributed by atoms with Crippen molar-refractivity contribution in [3.05, 3.63) is 0 Å². The number of nitrogens with two attached hydrogens (primary N) is 1. The molecule has 0 aliphatic carbocycles. The van der Waals surface area contributed by atoms with Crippen LogP contribution in [0.15, 0.2) is 0 Å². The Labute approximate surface area is 86.2 Å². The molecule has 0 aliphatic heterocycles. The quantitative estimate of drug-likeness (QED) is 0.215. The van der Waals surface area contributed by atoms with Crippen LogP contribution in [0.2, 0.25) is 0 Å². The molecule has 0 amide bonds. The molecule has 3 N–H and O–H groups in total. The third-order valence-corrected chi connectivity index (χ3v) is 2.15. The van der Waals surface area contributed by atoms with Crippen molar-refractivity contribution in [3.8, 4) is 6.19 Å². The molecule has 0 radical (unpaired) electrons. The zero-order chi connectivity index (χ0) is 10.8. The molecule has 0 unspecified atom stereocenters. The lowest BCUT2D eigenvalue weighted by molar-refractivity contribution is 0.506. The second-order valence-corrected chi connectivity index (χ2v) is 3.40. The summed E-state index contributed by atoms with van der Waals surface area (Å²) in [5.74, 6) is -0.152. The Morgan fingerprint density at radius 2 is 1.86 bits per heavy atom. The fourth-order valence-corrected chi connectivity index (χ4v) is 1.27. The highest BCUT2D eigenvalue weighted by Crippen LogP contribution is 2.05. The number of rotatable bonds is 7. The maximum atomic E-state index is 8.59. The van der Waals surface area contributed by atoms with Crippen LogP contribution in [0.4, 0.5) is 0 Å². The number of nitriles is 1. The standard InChI is InChI=1S/C10H20N4/c1-2-3-4-5-6-7-8-14(9-11)10(12)13/h2-8H2,1H3,(H3,12,13). The van der Waals surface area contributed by atoms with Crippen molar-refractivity contribution in [2.45, 2.75) is 45.4 Å². The van der Waals surface area contributed by atoms with Crippen molar-refractivity contribution < 1.29 is 0 Å². The Bertz CT molecular complexity index is 195. The monoisotopic (exact) mass is 196 g/mol. The minimum atomic E-state index is -0.152. The van der Waals surface area contributed by atoms with E-state index in [4.69, 9.17) is 16.4 Å². The van der Waals surface area contributed by atoms with Gasteiger partial charge in [-0.25, -0.2) is 4.90 Å². The molecular formula is C10H20N4. The number of nitrogens with zero attached hydrogens (tertiary/aromatic N) is 2. The predicted octanol–water partition coefficient (Wildman–Crippen LogP) is 2.02. The van der Waals surface area contributed by atoms with Crippen LogP contribution in [-0.4, -0.2) is 17.4 Å². The summed E-state index contributed by atoms with van der Waals surface area (Å²) in [6.45, 7) is 2.77. The summed E-state index contributed by atoms with van der Waals surface area (Å²) in [4.78, 5) is 1.22. The van der Waals surface area contributed by atoms with Crippen molar-refractivity contribution in [1.29, 1.82) is 10.7 Å². The molecular weight excluding hydrogens is 176 g/mol. The molecule has 4 heteroatoms. The van der Waals surface area contributed by atoms with Gasteiger partial charge in [0.15, 0.2) is 6.19 Å². The van der Waals surface area contributed by atoms with Crippen LogP contribution in [0.3, 0.4) is 0 Å². The lowest BCUT2D eigenvalue weighted by Crippen LogP contribution is -2.33. The SMILES string of the molecule is CCCCCCCCN(C#N)C(=N)N. The minimum Gasteiger partial charge on any atom is -0.369 e. The number of unbranched alkanes of at least 4 members (excludes halogenated alkanes) is 5. The Hall–Kier alpha value is -1.24. The molecule has 0 saturated heterocycles. The molecule has 14 heavy (non-hydrogen) atoms. The zero-order valence-electron chi connectivity index (χ0n) is 8.92. The summed E-state index contributed by atoms with van der Waals surface area (Å²) in [6, 6.07) is 0. The van der Waals surface area contributed by atoms with Gasteiger partial charge in [-0.15, -0.1) is 0 Å². The van der Waals surface area contributed by atoms with E-state index in [1.54, 1.807) is 0 Å². The zero-order valence-corrected chi connectivity index (χ0v) is 8.92. The highest BCUT2D eigenvalue weighted by atomic mass is 15.2. The van der Waals surface area contributed by atoms with Gasteiger partial charge in [-0.2, -0.15) is 5.26 Å². The topological polar surface area (TPSA) is 76.9 Å². The highest BCUT2D eigenvalue weighted by molar-refractivity contribution is 5.76. The van der Waals surface area contributed by atoms with Crippen LogP contribution in [-0.2, 0) is 0 Å². The Kier molecular flexibility index (Phi) is 7.62. The summed E-state index contributed by atoms with van der Waals surface area (Å²) < 4.78 is 0. The van der Waals surface area contributed by atoms with E-state index in [-0.39, 0.29) is 5.96 Å². The van der Waals surface area contributed by atoms with E-state index in [0.717, 1.165) is 12.8 Å². The van der Waals surface area contributed by atoms with Crippen molar-refractivity contribution >= 4 is 5.96 Å². The number of guanidine groups is 1. The third-order valence-electron chi connectivity index (χ3n) is 2.15. The van der Waals surface area contributed by atoms with Crippen molar-refractivity contribution in [2.24, 2.45) is 5.73 Å². The summed E-state index contributed by atoms with van der Waals surface area (Å²) in [5.41, 5.74) is 5.20. The van der Waals surface area contributed by atoms with Gasteiger partial charge in [0.1, 0.15) is 0 Å². The predicted molar refractivity (Wildman–Crippen MR) is 57.6 cm³/mol. The molecule has 0 heterocycles. The summed E-state index contributed by atoms with van der Waals surface area (Å²) in [7, 11) is 0. The molecule has 80 valence electrons. The van der Waals surface area contributed by atoms with Gasteiger partial charge in [-0.05, 0) is 6.42 Å².